The predicted octanol–water partition coefficient (Wildman–Crippen LogP) is 8.17. The molecule has 0 saturated heterocycles. The van der Waals surface area contributed by atoms with Gasteiger partial charge in [-0.05, 0) is 0 Å². The van der Waals surface area contributed by atoms with Crippen LogP contribution in [0.4, 0.5) is 0 Å². The maximum atomic E-state index is 4.12. The summed E-state index contributed by atoms with van der Waals surface area (Å²) < 4.78 is 3.97. The fourth-order valence-electron chi connectivity index (χ4n) is 0.421. The van der Waals surface area contributed by atoms with Crippen molar-refractivity contribution >= 4 is 0 Å². The van der Waals surface area contributed by atoms with Gasteiger partial charge in [-0.2, -0.15) is 40.5 Å². The van der Waals surface area contributed by atoms with Crippen molar-refractivity contribution in [1.82, 2.24) is 0 Å². The number of hydrogen-bond donors (Lipinski definition) is 0. The molecule has 0 saturated carbocycles. The Morgan fingerprint density at radius 3 is 1.04 bits per heavy atom. The minimum atomic E-state index is 0.374. The molecular weight excluding hydrogens is 478 g/mol. The van der Waals surface area contributed by atoms with Gasteiger partial charge in [0, 0.05) is 0 Å². The van der Waals surface area contributed by atoms with E-state index in [2.05, 4.69) is 69.5 Å². The standard InChI is InChI=1S/C8H16N2.2C5H11.C3H7N.W/c1-7(2)9-5-6-10-8(3)4;2*1-4-5(2)3;1-3(2)4;/h5-8H,1-4H3;2*4H2,1-3H3;3H,1-2H3;/q-2;2*-1;;/b6-5-;;;;. The van der Waals surface area contributed by atoms with Crippen LogP contribution in [0.1, 0.15) is 95.9 Å². The molecule has 4 heteroatoms. The maximum Gasteiger partial charge on any atom is -0.0923 e. The van der Waals surface area contributed by atoms with Crippen LogP contribution in [0.25, 0.3) is 10.6 Å². The summed E-state index contributed by atoms with van der Waals surface area (Å²) in [6.45, 7) is 25.2. The molecule has 0 N–H and O–H groups in total. The van der Waals surface area contributed by atoms with Gasteiger partial charge in [0.15, 0.2) is 0 Å². The maximum absolute atomic E-state index is 4.12. The van der Waals surface area contributed by atoms with E-state index in [-0.39, 0.29) is 0 Å². The molecule has 0 radical (unpaired) electrons. The zero-order valence-corrected chi connectivity index (χ0v) is 22.0. The van der Waals surface area contributed by atoms with Crippen molar-refractivity contribution < 1.29 is 19.6 Å². The van der Waals surface area contributed by atoms with Crippen LogP contribution >= 0.6 is 0 Å². The van der Waals surface area contributed by atoms with Crippen molar-refractivity contribution in [3.05, 3.63) is 34.9 Å². The molecule has 154 valence electrons. The first-order chi connectivity index (χ1) is 11.4. The summed E-state index contributed by atoms with van der Waals surface area (Å²) in [5.74, 6) is 3.01. The van der Waals surface area contributed by atoms with E-state index in [0.29, 0.717) is 18.1 Å². The topological polar surface area (TPSA) is 40.6 Å². The molecule has 0 heterocycles. The van der Waals surface area contributed by atoms with Gasteiger partial charge in [-0.1, -0.05) is 41.5 Å². The Labute approximate surface area is 172 Å². The molecule has 0 atom stereocenters. The quantitative estimate of drug-likeness (QED) is 0.302. The minimum Gasteiger partial charge on any atom is -0.320 e. The average Bonchev–Trinajstić information content (AvgIpc) is 2.52. The largest absolute Gasteiger partial charge is 0.320 e. The molecule has 0 spiro atoms. The van der Waals surface area contributed by atoms with Crippen LogP contribution in [-0.2, 0) is 19.6 Å². The van der Waals surface area contributed by atoms with E-state index in [0.717, 1.165) is 0 Å². The Morgan fingerprint density at radius 1 is 0.760 bits per heavy atom. The minimum absolute atomic E-state index is 0.374. The molecule has 0 unspecified atom stereocenters. The van der Waals surface area contributed by atoms with Crippen LogP contribution in [0.15, 0.2) is 15.9 Å². The molecular formula is C21H45N3W-4. The van der Waals surface area contributed by atoms with Crippen molar-refractivity contribution in [2.24, 2.45) is 3.50 Å². The molecule has 0 fully saturated rings. The van der Waals surface area contributed by atoms with Crippen LogP contribution in [0.2, 0.25) is 0 Å². The van der Waals surface area contributed by atoms with E-state index >= 15 is 0 Å². The molecule has 3 nitrogen and oxygen atoms in total. The third-order valence-electron chi connectivity index (χ3n) is 2.46. The molecule has 0 rings (SSSR count). The van der Waals surface area contributed by atoms with Gasteiger partial charge in [-0.25, -0.2) is 12.4 Å². The van der Waals surface area contributed by atoms with Gasteiger partial charge in [0.05, 0.1) is 0 Å². The van der Waals surface area contributed by atoms with Gasteiger partial charge >= 0.3 is 43.0 Å². The Morgan fingerprint density at radius 2 is 0.960 bits per heavy atom. The molecule has 0 aromatic heterocycles. The van der Waals surface area contributed by atoms with Gasteiger partial charge in [-0.3, -0.25) is 0 Å². The summed E-state index contributed by atoms with van der Waals surface area (Å²) in [6.07, 6.45) is 5.95. The van der Waals surface area contributed by atoms with Crippen molar-refractivity contribution in [3.63, 3.8) is 0 Å². The molecule has 0 aliphatic heterocycles. The summed E-state index contributed by atoms with van der Waals surface area (Å²) in [5, 5.41) is 8.24. The van der Waals surface area contributed by atoms with Crippen LogP contribution in [-0.4, -0.2) is 18.1 Å². The van der Waals surface area contributed by atoms with Crippen LogP contribution < -0.4 is 0 Å². The zero-order valence-electron chi connectivity index (χ0n) is 19.1. The Bertz CT molecular complexity index is 240. The fourth-order valence-corrected chi connectivity index (χ4v) is 0.421. The molecule has 0 bridgehead atoms. The predicted molar refractivity (Wildman–Crippen MR) is 113 cm³/mol. The van der Waals surface area contributed by atoms with Crippen LogP contribution in [0.3, 0.4) is 0 Å². The van der Waals surface area contributed by atoms with Gasteiger partial charge in [-0.15, -0.1) is 12.1 Å². The number of nitrogens with zero attached hydrogens (tertiary/aromatic N) is 3. The molecule has 0 aromatic rings. The van der Waals surface area contributed by atoms with Crippen molar-refractivity contribution in [2.75, 3.05) is 0 Å². The van der Waals surface area contributed by atoms with Crippen molar-refractivity contribution in [3.8, 4) is 0 Å². The smallest absolute Gasteiger partial charge is 0.0923 e. The molecule has 0 aliphatic carbocycles. The third-order valence-corrected chi connectivity index (χ3v) is 3.97. The van der Waals surface area contributed by atoms with E-state index in [1.807, 2.05) is 27.7 Å². The average molecular weight is 523 g/mol. The van der Waals surface area contributed by atoms with Crippen molar-refractivity contribution in [1.29, 1.82) is 0 Å². The first-order valence-electron chi connectivity index (χ1n) is 9.39. The second-order valence-electron chi connectivity index (χ2n) is 7.10. The van der Waals surface area contributed by atoms with Crippen LogP contribution in [0.5, 0.6) is 0 Å². The summed E-state index contributed by atoms with van der Waals surface area (Å²) >= 11 is 1.33. The Hall–Kier alpha value is -0.172. The van der Waals surface area contributed by atoms with Crippen LogP contribution in [0, 0.1) is 11.8 Å². The monoisotopic (exact) mass is 523 g/mol. The Kier molecular flexibility index (Phi) is 33.9. The molecule has 0 aromatic carbocycles. The fraction of sp³-hybridized carbons (Fsp3) is 0.810. The van der Waals surface area contributed by atoms with E-state index in [4.69, 9.17) is 0 Å². The molecule has 0 amide bonds. The van der Waals surface area contributed by atoms with E-state index < -0.39 is 0 Å². The SMILES string of the molecule is CC(C)[N-]/C=C\[N-]C(C)C.CC(C)[N]=[W].CC[C-](C)C.CC[C-](C)C. The Balaban J connectivity index is -0.000000126. The molecule has 25 heavy (non-hydrogen) atoms. The van der Waals surface area contributed by atoms with Gasteiger partial charge in [0.1, 0.15) is 0 Å². The van der Waals surface area contributed by atoms with E-state index in [1.54, 1.807) is 12.4 Å². The van der Waals surface area contributed by atoms with E-state index in [1.165, 1.54) is 44.3 Å². The molecule has 0 aliphatic rings. The first kappa shape index (κ1) is 32.5. The second kappa shape index (κ2) is 26.1. The first-order valence-corrected chi connectivity index (χ1v) is 10.7. The number of rotatable bonds is 7. The summed E-state index contributed by atoms with van der Waals surface area (Å²) in [4.78, 5) is 0. The van der Waals surface area contributed by atoms with Gasteiger partial charge < -0.3 is 22.5 Å². The van der Waals surface area contributed by atoms with Gasteiger partial charge in [0.25, 0.3) is 0 Å². The van der Waals surface area contributed by atoms with Crippen molar-refractivity contribution in [2.45, 2.75) is 114 Å². The normalized spacial score (nSPS) is 10.1. The summed E-state index contributed by atoms with van der Waals surface area (Å²) in [5.41, 5.74) is 0. The third kappa shape index (κ3) is 69.0. The zero-order chi connectivity index (χ0) is 20.8. The second-order valence-corrected chi connectivity index (χ2v) is 7.86. The van der Waals surface area contributed by atoms with Gasteiger partial charge in [0.2, 0.25) is 0 Å². The van der Waals surface area contributed by atoms with E-state index in [9.17, 15) is 0 Å². The summed E-state index contributed by atoms with van der Waals surface area (Å²) in [7, 11) is 0. The summed E-state index contributed by atoms with van der Waals surface area (Å²) in [6, 6.07) is 1.29. The number of hydrogen-bond acceptors (Lipinski definition) is 1.